The van der Waals surface area contributed by atoms with Gasteiger partial charge in [-0.05, 0) is 13.0 Å². The molecule has 45 heavy (non-hydrogen) atoms. The van der Waals surface area contributed by atoms with Gasteiger partial charge in [0.1, 0.15) is 23.8 Å². The van der Waals surface area contributed by atoms with Gasteiger partial charge in [-0.15, -0.1) is 0 Å². The highest BCUT2D eigenvalue weighted by Crippen LogP contribution is 2.42. The van der Waals surface area contributed by atoms with Gasteiger partial charge in [-0.1, -0.05) is 41.5 Å². The number of aromatic amines is 1. The minimum atomic E-state index is -1.91. The lowest BCUT2D eigenvalue weighted by atomic mass is 9.96. The van der Waals surface area contributed by atoms with Crippen molar-refractivity contribution in [3.05, 3.63) is 28.8 Å². The number of hydrogen-bond donors (Lipinski definition) is 3. The molecular formula is C29H37N5O11. The SMILES string of the molecule is CC(C)C(=O)OCOC(=O)Nc1cc2c(=O)[nH]ncc3nn(C4OC(COC(=O)C(C)C)C(OC(=O)C(C)C)C4(C)O)cc1c32. The van der Waals surface area contributed by atoms with Crippen LogP contribution in [0.5, 0.6) is 0 Å². The largest absolute Gasteiger partial charge is 0.463 e. The van der Waals surface area contributed by atoms with Crippen LogP contribution in [0.1, 0.15) is 54.7 Å². The number of rotatable bonds is 10. The fraction of sp³-hybridized carbons (Fsp3) is 0.552. The highest BCUT2D eigenvalue weighted by atomic mass is 16.7. The average Bonchev–Trinajstić information content (AvgIpc) is 3.38. The van der Waals surface area contributed by atoms with Crippen LogP contribution < -0.4 is 10.9 Å². The van der Waals surface area contributed by atoms with E-state index in [0.717, 1.165) is 0 Å². The van der Waals surface area contributed by atoms with Gasteiger partial charge in [0.25, 0.3) is 5.56 Å². The predicted octanol–water partition coefficient (Wildman–Crippen LogP) is 2.39. The fourth-order valence-corrected chi connectivity index (χ4v) is 4.61. The van der Waals surface area contributed by atoms with Crippen LogP contribution in [0.3, 0.4) is 0 Å². The van der Waals surface area contributed by atoms with E-state index in [1.165, 1.54) is 30.1 Å². The molecule has 3 N–H and O–H groups in total. The molecule has 4 rings (SSSR count). The van der Waals surface area contributed by atoms with Gasteiger partial charge in [-0.25, -0.2) is 14.6 Å². The van der Waals surface area contributed by atoms with Gasteiger partial charge in [-0.3, -0.25) is 24.5 Å². The Morgan fingerprint density at radius 3 is 2.31 bits per heavy atom. The summed E-state index contributed by atoms with van der Waals surface area (Å²) in [5.41, 5.74) is -2.17. The Labute approximate surface area is 257 Å². The molecule has 1 aromatic carbocycles. The van der Waals surface area contributed by atoms with E-state index in [-0.39, 0.29) is 23.2 Å². The minimum Gasteiger partial charge on any atom is -0.463 e. The topological polar surface area (TPSA) is 210 Å². The molecule has 0 spiro atoms. The first-order valence-electron chi connectivity index (χ1n) is 14.4. The second kappa shape index (κ2) is 13.2. The summed E-state index contributed by atoms with van der Waals surface area (Å²) in [5, 5.41) is 25.8. The van der Waals surface area contributed by atoms with E-state index in [2.05, 4.69) is 20.6 Å². The van der Waals surface area contributed by atoms with Gasteiger partial charge in [0, 0.05) is 17.0 Å². The third kappa shape index (κ3) is 7.06. The van der Waals surface area contributed by atoms with E-state index in [0.29, 0.717) is 10.8 Å². The van der Waals surface area contributed by atoms with Gasteiger partial charge in [0.15, 0.2) is 12.3 Å². The second-order valence-corrected chi connectivity index (χ2v) is 11.8. The summed E-state index contributed by atoms with van der Waals surface area (Å²) in [6.45, 7) is 10.3. The highest BCUT2D eigenvalue weighted by Gasteiger charge is 2.57. The van der Waals surface area contributed by atoms with E-state index < -0.39 is 78.1 Å². The number of H-pyrrole nitrogens is 1. The number of anilines is 1. The van der Waals surface area contributed by atoms with Crippen LogP contribution in [-0.4, -0.2) is 80.3 Å². The fourth-order valence-electron chi connectivity index (χ4n) is 4.61. The Hall–Kier alpha value is -4.57. The molecule has 16 heteroatoms. The van der Waals surface area contributed by atoms with Crippen LogP contribution >= 0.6 is 0 Å². The third-order valence-electron chi connectivity index (χ3n) is 7.09. The first-order chi connectivity index (χ1) is 21.1. The second-order valence-electron chi connectivity index (χ2n) is 11.8. The van der Waals surface area contributed by atoms with Crippen molar-refractivity contribution in [3.63, 3.8) is 0 Å². The van der Waals surface area contributed by atoms with Crippen molar-refractivity contribution in [1.82, 2.24) is 20.0 Å². The summed E-state index contributed by atoms with van der Waals surface area (Å²) in [6, 6.07) is 1.39. The summed E-state index contributed by atoms with van der Waals surface area (Å²) in [4.78, 5) is 61.9. The molecule has 3 heterocycles. The van der Waals surface area contributed by atoms with Gasteiger partial charge >= 0.3 is 24.0 Å². The normalized spacial score (nSPS) is 21.4. The molecule has 16 nitrogen and oxygen atoms in total. The van der Waals surface area contributed by atoms with Crippen molar-refractivity contribution < 1.29 is 48.0 Å². The molecule has 2 aromatic heterocycles. The van der Waals surface area contributed by atoms with E-state index >= 15 is 0 Å². The van der Waals surface area contributed by atoms with Crippen LogP contribution in [0.25, 0.3) is 21.7 Å². The quantitative estimate of drug-likeness (QED) is 0.167. The van der Waals surface area contributed by atoms with Crippen molar-refractivity contribution in [2.75, 3.05) is 18.7 Å². The third-order valence-corrected chi connectivity index (χ3v) is 7.09. The Balaban J connectivity index is 1.73. The van der Waals surface area contributed by atoms with Crippen molar-refractivity contribution in [1.29, 1.82) is 0 Å². The molecule has 1 fully saturated rings. The Kier molecular flexibility index (Phi) is 9.77. The molecule has 4 atom stereocenters. The van der Waals surface area contributed by atoms with Gasteiger partial charge in [-0.2, -0.15) is 10.2 Å². The molecule has 0 aliphatic carbocycles. The molecular weight excluding hydrogens is 594 g/mol. The van der Waals surface area contributed by atoms with Gasteiger partial charge in [0.05, 0.1) is 35.0 Å². The smallest absolute Gasteiger partial charge is 0.414 e. The molecule has 1 aliphatic heterocycles. The van der Waals surface area contributed by atoms with Crippen LogP contribution in [0.2, 0.25) is 0 Å². The van der Waals surface area contributed by atoms with Crippen molar-refractivity contribution in [3.8, 4) is 0 Å². The van der Waals surface area contributed by atoms with Crippen LogP contribution in [0, 0.1) is 17.8 Å². The Bertz CT molecular complexity index is 1660. The van der Waals surface area contributed by atoms with Gasteiger partial charge < -0.3 is 28.8 Å². The summed E-state index contributed by atoms with van der Waals surface area (Å²) < 4.78 is 28.2. The van der Waals surface area contributed by atoms with Crippen molar-refractivity contribution in [2.24, 2.45) is 17.8 Å². The summed E-state index contributed by atoms with van der Waals surface area (Å²) in [6.07, 6.45) is -1.92. The van der Waals surface area contributed by atoms with Crippen molar-refractivity contribution >= 4 is 51.4 Å². The number of amides is 1. The van der Waals surface area contributed by atoms with E-state index in [1.54, 1.807) is 41.5 Å². The number of carbonyl (C=O) groups excluding carboxylic acids is 4. The highest BCUT2D eigenvalue weighted by molar-refractivity contribution is 6.16. The number of ether oxygens (including phenoxy) is 5. The van der Waals surface area contributed by atoms with E-state index in [4.69, 9.17) is 23.7 Å². The predicted molar refractivity (Wildman–Crippen MR) is 157 cm³/mol. The maximum Gasteiger partial charge on any atom is 0.414 e. The minimum absolute atomic E-state index is 0.130. The molecule has 1 saturated heterocycles. The average molecular weight is 632 g/mol. The number of carbonyl (C=O) groups is 4. The van der Waals surface area contributed by atoms with Gasteiger partial charge in [0.2, 0.25) is 6.79 Å². The summed E-state index contributed by atoms with van der Waals surface area (Å²) in [5.74, 6) is -3.06. The zero-order valence-electron chi connectivity index (χ0n) is 26.0. The van der Waals surface area contributed by atoms with E-state index in [1.807, 2.05) is 0 Å². The number of aromatic nitrogens is 4. The Morgan fingerprint density at radius 2 is 1.67 bits per heavy atom. The van der Waals surface area contributed by atoms with Crippen LogP contribution in [0.4, 0.5) is 10.5 Å². The van der Waals surface area contributed by atoms with Crippen LogP contribution in [0.15, 0.2) is 23.3 Å². The monoisotopic (exact) mass is 631 g/mol. The zero-order valence-corrected chi connectivity index (χ0v) is 26.0. The van der Waals surface area contributed by atoms with Crippen LogP contribution in [-0.2, 0) is 38.1 Å². The number of hydrogen-bond acceptors (Lipinski definition) is 13. The first-order valence-corrected chi connectivity index (χ1v) is 14.4. The zero-order chi connectivity index (χ0) is 33.2. The molecule has 1 aliphatic rings. The standard InChI is InChI=1S/C29H37N5O11/c1-13(2)24(36)41-11-20-22(45-26(38)15(5)6)29(7,40)27(44-20)34-10-17-18(31-28(39)43-12-42-25(37)14(3)4)8-16-21(17)19(33-34)9-30-32-23(16)35/h8-10,13-15,20,22,27,40H,11-12H2,1-7H3,(H,31,39)(H,32,35). The molecule has 4 unspecified atom stereocenters. The number of aliphatic hydroxyl groups is 1. The number of nitrogens with zero attached hydrogens (tertiary/aromatic N) is 3. The maximum atomic E-state index is 12.7. The maximum absolute atomic E-state index is 12.7. The van der Waals surface area contributed by atoms with Crippen molar-refractivity contribution in [2.45, 2.75) is 72.5 Å². The molecule has 0 radical (unpaired) electrons. The molecule has 0 saturated carbocycles. The molecule has 3 aromatic rings. The summed E-state index contributed by atoms with van der Waals surface area (Å²) in [7, 11) is 0. The van der Waals surface area contributed by atoms with E-state index in [9.17, 15) is 29.1 Å². The number of esters is 3. The molecule has 1 amide bonds. The lowest BCUT2D eigenvalue weighted by Crippen LogP contribution is -2.48. The summed E-state index contributed by atoms with van der Waals surface area (Å²) >= 11 is 0. The number of nitrogens with one attached hydrogen (secondary N) is 2. The lowest BCUT2D eigenvalue weighted by Gasteiger charge is -2.30. The molecule has 244 valence electrons. The molecule has 0 bridgehead atoms. The Morgan fingerprint density at radius 1 is 1.02 bits per heavy atom. The lowest BCUT2D eigenvalue weighted by molar-refractivity contribution is -0.169. The first kappa shape index (κ1) is 33.3.